The highest BCUT2D eigenvalue weighted by Crippen LogP contribution is 2.68. The second-order valence-electron chi connectivity index (χ2n) is 18.7. The van der Waals surface area contributed by atoms with Crippen LogP contribution in [0.25, 0.3) is 0 Å². The number of aliphatic hydroxyl groups excluding tert-OH is 5. The number of hydrogen-bond acceptors (Lipinski definition) is 15. The van der Waals surface area contributed by atoms with Crippen LogP contribution in [0.3, 0.4) is 0 Å². The molecule has 3 saturated heterocycles. The maximum Gasteiger partial charge on any atom is 0.187 e. The Balaban J connectivity index is 0.960. The Kier molecular flexibility index (Phi) is 13.0. The molecule has 4 aliphatic carbocycles. The molecular formula is C42H70O15. The molecule has 57 heavy (non-hydrogen) atoms. The van der Waals surface area contributed by atoms with Crippen LogP contribution in [0.1, 0.15) is 92.9 Å². The number of aliphatic hydroxyl groups is 6. The zero-order valence-electron chi connectivity index (χ0n) is 35.1. The monoisotopic (exact) mass is 814 g/mol. The van der Waals surface area contributed by atoms with Crippen LogP contribution in [0.4, 0.5) is 0 Å². The van der Waals surface area contributed by atoms with Crippen LogP contribution in [0.15, 0.2) is 11.6 Å². The first-order valence-corrected chi connectivity index (χ1v) is 21.3. The molecule has 6 fully saturated rings. The van der Waals surface area contributed by atoms with Gasteiger partial charge in [0.1, 0.15) is 30.5 Å². The lowest BCUT2D eigenvalue weighted by molar-refractivity contribution is -0.352. The van der Waals surface area contributed by atoms with Gasteiger partial charge in [-0.15, -0.1) is 0 Å². The molecule has 0 aromatic carbocycles. The third-order valence-corrected chi connectivity index (χ3v) is 15.8. The Labute approximate surface area is 337 Å². The standard InChI is InChI=1S/C42H70O15/c1-19(43)25-13-15-42(48)26-11-10-23-16-24(12-14-40(23,5)31(26)33(45)38(47)41(25,42)6)55-29-17-27(49-7)35(21(3)52-29)56-30-18-28(50-8)36(22(4)53-30)57-39-34(46)37(51-9)32(44)20(2)54-39/h10,19-22,24-39,43-48H,11-18H2,1-9H3/t19-,20-,21-,22-,24+,25-,26-,27+,28+,29+,30+,31-,32-,33+,34-,35-,36-,37-,38-,39+,40+,41+,42+/m1/s1. The average molecular weight is 815 g/mol. The predicted octanol–water partition coefficient (Wildman–Crippen LogP) is 1.94. The Bertz CT molecular complexity index is 1420. The van der Waals surface area contributed by atoms with Gasteiger partial charge in [0, 0.05) is 45.5 Å². The van der Waals surface area contributed by atoms with Gasteiger partial charge >= 0.3 is 0 Å². The van der Waals surface area contributed by atoms with Crippen LogP contribution >= 0.6 is 0 Å². The molecule has 3 saturated carbocycles. The summed E-state index contributed by atoms with van der Waals surface area (Å²) < 4.78 is 55.1. The van der Waals surface area contributed by atoms with E-state index in [-0.39, 0.29) is 30.0 Å². The summed E-state index contributed by atoms with van der Waals surface area (Å²) in [7, 11) is 4.66. The molecule has 7 aliphatic rings. The fraction of sp³-hybridized carbons (Fsp3) is 0.952. The fourth-order valence-electron chi connectivity index (χ4n) is 12.6. The van der Waals surface area contributed by atoms with E-state index in [2.05, 4.69) is 13.0 Å². The minimum absolute atomic E-state index is 0.128. The minimum atomic E-state index is -1.22. The molecule has 15 heteroatoms. The van der Waals surface area contributed by atoms with Crippen molar-refractivity contribution < 1.29 is 73.3 Å². The number of hydrogen-bond donors (Lipinski definition) is 6. The van der Waals surface area contributed by atoms with E-state index >= 15 is 0 Å². The van der Waals surface area contributed by atoms with Crippen LogP contribution < -0.4 is 0 Å². The molecule has 23 atom stereocenters. The molecule has 7 rings (SSSR count). The molecule has 0 aromatic heterocycles. The molecule has 0 unspecified atom stereocenters. The minimum Gasteiger partial charge on any atom is -0.393 e. The topological polar surface area (TPSA) is 204 Å². The summed E-state index contributed by atoms with van der Waals surface area (Å²) in [4.78, 5) is 0. The molecular weight excluding hydrogens is 744 g/mol. The summed E-state index contributed by atoms with van der Waals surface area (Å²) in [5, 5.41) is 67.8. The summed E-state index contributed by atoms with van der Waals surface area (Å²) in [5.74, 6) is -0.850. The second kappa shape index (κ2) is 16.8. The summed E-state index contributed by atoms with van der Waals surface area (Å²) in [6.07, 6.45) is -4.95. The molecule has 0 spiro atoms. The van der Waals surface area contributed by atoms with Gasteiger partial charge in [-0.3, -0.25) is 0 Å². The van der Waals surface area contributed by atoms with Crippen molar-refractivity contribution in [2.45, 2.75) is 203 Å². The van der Waals surface area contributed by atoms with E-state index in [0.717, 1.165) is 12.8 Å². The van der Waals surface area contributed by atoms with E-state index in [1.54, 1.807) is 28.1 Å². The zero-order chi connectivity index (χ0) is 41.4. The van der Waals surface area contributed by atoms with Crippen molar-refractivity contribution in [3.63, 3.8) is 0 Å². The third-order valence-electron chi connectivity index (χ3n) is 15.8. The highest BCUT2D eigenvalue weighted by Gasteiger charge is 2.72. The summed E-state index contributed by atoms with van der Waals surface area (Å²) >= 11 is 0. The van der Waals surface area contributed by atoms with E-state index in [9.17, 15) is 30.6 Å². The molecule has 0 amide bonds. The van der Waals surface area contributed by atoms with Gasteiger partial charge in [-0.1, -0.05) is 25.5 Å². The molecule has 15 nitrogen and oxygen atoms in total. The van der Waals surface area contributed by atoms with Crippen molar-refractivity contribution in [1.82, 2.24) is 0 Å². The van der Waals surface area contributed by atoms with E-state index in [0.29, 0.717) is 38.5 Å². The van der Waals surface area contributed by atoms with Crippen molar-refractivity contribution in [3.05, 3.63) is 11.6 Å². The molecule has 3 heterocycles. The molecule has 328 valence electrons. The van der Waals surface area contributed by atoms with Gasteiger partial charge in [0.25, 0.3) is 0 Å². The lowest BCUT2D eigenvalue weighted by Gasteiger charge is -2.64. The maximum atomic E-state index is 12.4. The van der Waals surface area contributed by atoms with E-state index < -0.39 is 109 Å². The molecule has 3 aliphatic heterocycles. The summed E-state index contributed by atoms with van der Waals surface area (Å²) in [6.45, 7) is 11.2. The Morgan fingerprint density at radius 1 is 0.737 bits per heavy atom. The van der Waals surface area contributed by atoms with Crippen molar-refractivity contribution in [2.75, 3.05) is 21.3 Å². The van der Waals surface area contributed by atoms with Crippen molar-refractivity contribution in [3.8, 4) is 0 Å². The second-order valence-corrected chi connectivity index (χ2v) is 18.7. The Hall–Kier alpha value is -0.860. The van der Waals surface area contributed by atoms with Gasteiger partial charge < -0.3 is 73.3 Å². The largest absolute Gasteiger partial charge is 0.393 e. The number of allylic oxidation sites excluding steroid dienone is 1. The van der Waals surface area contributed by atoms with Gasteiger partial charge in [0.2, 0.25) is 0 Å². The number of fused-ring (bicyclic) bond motifs is 5. The normalized spacial score (nSPS) is 54.6. The van der Waals surface area contributed by atoms with E-state index in [1.807, 2.05) is 20.8 Å². The van der Waals surface area contributed by atoms with Crippen molar-refractivity contribution >= 4 is 0 Å². The van der Waals surface area contributed by atoms with Gasteiger partial charge in [-0.25, -0.2) is 0 Å². The lowest BCUT2D eigenvalue weighted by Crippen LogP contribution is -2.71. The van der Waals surface area contributed by atoms with Crippen LogP contribution in [0, 0.1) is 28.6 Å². The molecule has 0 radical (unpaired) electrons. The van der Waals surface area contributed by atoms with Crippen LogP contribution in [-0.4, -0.2) is 162 Å². The first-order valence-electron chi connectivity index (χ1n) is 21.3. The van der Waals surface area contributed by atoms with Gasteiger partial charge in [-0.2, -0.15) is 0 Å². The Morgan fingerprint density at radius 2 is 1.35 bits per heavy atom. The third kappa shape index (κ3) is 7.39. The Morgan fingerprint density at radius 3 is 1.95 bits per heavy atom. The predicted molar refractivity (Wildman–Crippen MR) is 202 cm³/mol. The quantitative estimate of drug-likeness (QED) is 0.175. The smallest absolute Gasteiger partial charge is 0.187 e. The van der Waals surface area contributed by atoms with E-state index in [4.69, 9.17) is 42.6 Å². The van der Waals surface area contributed by atoms with Gasteiger partial charge in [-0.05, 0) is 83.5 Å². The summed E-state index contributed by atoms with van der Waals surface area (Å²) in [6, 6.07) is 0. The number of methoxy groups -OCH3 is 3. The fourth-order valence-corrected chi connectivity index (χ4v) is 12.6. The highest BCUT2D eigenvalue weighted by molar-refractivity contribution is 5.31. The van der Waals surface area contributed by atoms with Gasteiger partial charge in [0.05, 0.1) is 60.5 Å². The average Bonchev–Trinajstić information content (AvgIpc) is 3.46. The summed E-state index contributed by atoms with van der Waals surface area (Å²) in [5.41, 5.74) is -1.43. The van der Waals surface area contributed by atoms with Crippen LogP contribution in [0.2, 0.25) is 0 Å². The number of ether oxygens (including phenoxy) is 9. The number of rotatable bonds is 10. The molecule has 0 bridgehead atoms. The molecule has 0 aromatic rings. The maximum absolute atomic E-state index is 12.4. The van der Waals surface area contributed by atoms with Crippen molar-refractivity contribution in [2.24, 2.45) is 28.6 Å². The van der Waals surface area contributed by atoms with Gasteiger partial charge in [0.15, 0.2) is 18.9 Å². The first kappa shape index (κ1) is 44.2. The van der Waals surface area contributed by atoms with Crippen molar-refractivity contribution in [1.29, 1.82) is 0 Å². The van der Waals surface area contributed by atoms with Crippen LogP contribution in [0.5, 0.6) is 0 Å². The zero-order valence-corrected chi connectivity index (χ0v) is 35.1. The first-order chi connectivity index (χ1) is 26.9. The SMILES string of the molecule is CO[C@H]1[C@@H](O)[C@H](O[C@H]2[C@@H](OC)C[C@H](O[C@H]3[C@@H](OC)C[C@H](O[C@H]4CC[C@@]5(C)C(=CC[C@@H]6[C@@H]5[C@H](O)[C@@H](O)[C@]5(C)[C@@H]([C@@H](C)O)CC[C@]65O)C4)O[C@@H]3C)O[C@@H]2C)O[C@H](C)[C@H]1O. The molecule has 6 N–H and O–H groups in total. The highest BCUT2D eigenvalue weighted by atomic mass is 16.8. The van der Waals surface area contributed by atoms with E-state index in [1.165, 1.54) is 12.7 Å². The van der Waals surface area contributed by atoms with Crippen LogP contribution in [-0.2, 0) is 42.6 Å². The lowest BCUT2D eigenvalue weighted by atomic mass is 9.44.